The molecule has 4 rings (SSSR count). The second kappa shape index (κ2) is 9.01. The summed E-state index contributed by atoms with van der Waals surface area (Å²) in [5.41, 5.74) is 7.76. The Morgan fingerprint density at radius 2 is 1.78 bits per heavy atom. The standard InChI is InChI=1S/C23H22FN5O3/c24-16-8-2-4-10-19(16)29-18-11-5-7-15(18)21(28-29)23(32)27-17-9-3-1-6-14(17)22(31)26-13-12-20(25)30/h1-4,6,8-10H,5,7,11-13H2,(H2,25,30)(H,26,31)(H,27,32). The molecule has 0 saturated carbocycles. The highest BCUT2D eigenvalue weighted by atomic mass is 19.1. The molecule has 164 valence electrons. The van der Waals surface area contributed by atoms with Crippen LogP contribution in [0, 0.1) is 5.82 Å². The first-order valence-corrected chi connectivity index (χ1v) is 10.3. The van der Waals surface area contributed by atoms with Crippen molar-refractivity contribution in [2.24, 2.45) is 5.73 Å². The van der Waals surface area contributed by atoms with E-state index in [1.54, 1.807) is 42.5 Å². The first-order valence-electron chi connectivity index (χ1n) is 10.3. The number of amides is 3. The lowest BCUT2D eigenvalue weighted by Crippen LogP contribution is -2.29. The zero-order chi connectivity index (χ0) is 22.7. The Hall–Kier alpha value is -4.01. The Labute approximate surface area is 183 Å². The molecular weight excluding hydrogens is 413 g/mol. The third-order valence-electron chi connectivity index (χ3n) is 5.30. The SMILES string of the molecule is NC(=O)CCNC(=O)c1ccccc1NC(=O)c1nn(-c2ccccc2F)c2c1CCC2. The van der Waals surface area contributed by atoms with Gasteiger partial charge >= 0.3 is 0 Å². The smallest absolute Gasteiger partial charge is 0.276 e. The third-order valence-corrected chi connectivity index (χ3v) is 5.30. The number of carbonyl (C=O) groups excluding carboxylic acids is 3. The molecule has 1 heterocycles. The molecule has 1 aromatic heterocycles. The summed E-state index contributed by atoms with van der Waals surface area (Å²) < 4.78 is 15.9. The van der Waals surface area contributed by atoms with E-state index in [-0.39, 0.29) is 24.2 Å². The van der Waals surface area contributed by atoms with Gasteiger partial charge in [0.2, 0.25) is 5.91 Å². The predicted molar refractivity (Wildman–Crippen MR) is 116 cm³/mol. The van der Waals surface area contributed by atoms with E-state index in [0.29, 0.717) is 24.2 Å². The number of benzene rings is 2. The maximum atomic E-state index is 14.4. The van der Waals surface area contributed by atoms with Crippen LogP contribution in [0.2, 0.25) is 0 Å². The van der Waals surface area contributed by atoms with E-state index in [4.69, 9.17) is 5.73 Å². The number of nitrogens with one attached hydrogen (secondary N) is 2. The molecule has 3 aromatic rings. The second-order valence-corrected chi connectivity index (χ2v) is 7.46. The van der Waals surface area contributed by atoms with E-state index in [0.717, 1.165) is 17.7 Å². The lowest BCUT2D eigenvalue weighted by Gasteiger charge is -2.11. The molecule has 0 radical (unpaired) electrons. The highest BCUT2D eigenvalue weighted by Gasteiger charge is 2.28. The van der Waals surface area contributed by atoms with Crippen LogP contribution in [0.3, 0.4) is 0 Å². The van der Waals surface area contributed by atoms with Crippen LogP contribution in [0.5, 0.6) is 0 Å². The monoisotopic (exact) mass is 435 g/mol. The molecule has 9 heteroatoms. The fourth-order valence-electron chi connectivity index (χ4n) is 3.81. The van der Waals surface area contributed by atoms with Crippen LogP contribution in [0.25, 0.3) is 5.69 Å². The zero-order valence-electron chi connectivity index (χ0n) is 17.2. The van der Waals surface area contributed by atoms with Crippen LogP contribution >= 0.6 is 0 Å². The Balaban J connectivity index is 1.60. The minimum atomic E-state index is -0.522. The molecular formula is C23H22FN5O3. The highest BCUT2D eigenvalue weighted by molar-refractivity contribution is 6.09. The second-order valence-electron chi connectivity index (χ2n) is 7.46. The lowest BCUT2D eigenvalue weighted by atomic mass is 10.1. The Bertz CT molecular complexity index is 1200. The van der Waals surface area contributed by atoms with Gasteiger partial charge in [-0.05, 0) is 43.5 Å². The van der Waals surface area contributed by atoms with E-state index in [9.17, 15) is 18.8 Å². The Morgan fingerprint density at radius 3 is 2.56 bits per heavy atom. The molecule has 0 spiro atoms. The minimum Gasteiger partial charge on any atom is -0.370 e. The molecule has 1 aliphatic carbocycles. The van der Waals surface area contributed by atoms with E-state index >= 15 is 0 Å². The van der Waals surface area contributed by atoms with E-state index in [1.807, 2.05) is 0 Å². The van der Waals surface area contributed by atoms with E-state index < -0.39 is 23.5 Å². The molecule has 0 saturated heterocycles. The van der Waals surface area contributed by atoms with E-state index in [1.165, 1.54) is 10.7 Å². The van der Waals surface area contributed by atoms with Crippen molar-refractivity contribution in [3.63, 3.8) is 0 Å². The Morgan fingerprint density at radius 1 is 1.03 bits per heavy atom. The van der Waals surface area contributed by atoms with Gasteiger partial charge in [-0.3, -0.25) is 14.4 Å². The van der Waals surface area contributed by atoms with Crippen molar-refractivity contribution in [2.75, 3.05) is 11.9 Å². The van der Waals surface area contributed by atoms with Crippen LogP contribution in [0.4, 0.5) is 10.1 Å². The summed E-state index contributed by atoms with van der Waals surface area (Å²) in [6, 6.07) is 12.8. The maximum Gasteiger partial charge on any atom is 0.276 e. The van der Waals surface area contributed by atoms with Gasteiger partial charge in [0.1, 0.15) is 11.5 Å². The minimum absolute atomic E-state index is 0.0138. The molecule has 0 fully saturated rings. The van der Waals surface area contributed by atoms with Crippen molar-refractivity contribution in [2.45, 2.75) is 25.7 Å². The fourth-order valence-corrected chi connectivity index (χ4v) is 3.81. The molecule has 2 aromatic carbocycles. The van der Waals surface area contributed by atoms with E-state index in [2.05, 4.69) is 15.7 Å². The average molecular weight is 435 g/mol. The van der Waals surface area contributed by atoms with Gasteiger partial charge in [-0.25, -0.2) is 9.07 Å². The molecule has 1 aliphatic rings. The quantitative estimate of drug-likeness (QED) is 0.528. The number of primary amides is 1. The Kier molecular flexibility index (Phi) is 5.98. The number of nitrogens with zero attached hydrogens (tertiary/aromatic N) is 2. The molecule has 0 bridgehead atoms. The summed E-state index contributed by atoms with van der Waals surface area (Å²) in [6.07, 6.45) is 2.23. The fraction of sp³-hybridized carbons (Fsp3) is 0.217. The topological polar surface area (TPSA) is 119 Å². The van der Waals surface area contributed by atoms with Gasteiger partial charge in [0.05, 0.1) is 11.3 Å². The van der Waals surface area contributed by atoms with Gasteiger partial charge in [0, 0.05) is 24.2 Å². The molecule has 0 unspecified atom stereocenters. The zero-order valence-corrected chi connectivity index (χ0v) is 17.2. The van der Waals surface area contributed by atoms with Crippen LogP contribution < -0.4 is 16.4 Å². The van der Waals surface area contributed by atoms with Crippen molar-refractivity contribution in [1.29, 1.82) is 0 Å². The van der Waals surface area contributed by atoms with Crippen molar-refractivity contribution < 1.29 is 18.8 Å². The summed E-state index contributed by atoms with van der Waals surface area (Å²) in [7, 11) is 0. The first-order chi connectivity index (χ1) is 15.5. The van der Waals surface area contributed by atoms with Crippen molar-refractivity contribution in [1.82, 2.24) is 15.1 Å². The molecule has 8 nitrogen and oxygen atoms in total. The average Bonchev–Trinajstić information content (AvgIpc) is 3.37. The molecule has 0 aliphatic heterocycles. The number of para-hydroxylation sites is 2. The van der Waals surface area contributed by atoms with Gasteiger partial charge in [0.25, 0.3) is 11.8 Å². The number of hydrogen-bond donors (Lipinski definition) is 3. The van der Waals surface area contributed by atoms with Gasteiger partial charge in [-0.1, -0.05) is 24.3 Å². The van der Waals surface area contributed by atoms with Gasteiger partial charge < -0.3 is 16.4 Å². The third kappa shape index (κ3) is 4.22. The number of anilines is 1. The number of aromatic nitrogens is 2. The normalized spacial score (nSPS) is 12.3. The number of nitrogens with two attached hydrogens (primary N) is 1. The van der Waals surface area contributed by atoms with Gasteiger partial charge in [-0.2, -0.15) is 5.10 Å². The number of fused-ring (bicyclic) bond motifs is 1. The van der Waals surface area contributed by atoms with Crippen LogP contribution in [0.15, 0.2) is 48.5 Å². The summed E-state index contributed by atoms with van der Waals surface area (Å²) in [6.45, 7) is 0.0942. The van der Waals surface area contributed by atoms with Crippen LogP contribution in [0.1, 0.15) is 44.9 Å². The number of halogens is 1. The summed E-state index contributed by atoms with van der Waals surface area (Å²) >= 11 is 0. The van der Waals surface area contributed by atoms with Crippen molar-refractivity contribution in [3.05, 3.63) is 76.9 Å². The van der Waals surface area contributed by atoms with Crippen molar-refractivity contribution >= 4 is 23.4 Å². The van der Waals surface area contributed by atoms with Crippen LogP contribution in [-0.4, -0.2) is 34.0 Å². The number of hydrogen-bond acceptors (Lipinski definition) is 4. The molecule has 0 atom stereocenters. The maximum absolute atomic E-state index is 14.4. The summed E-state index contributed by atoms with van der Waals surface area (Å²) in [5.74, 6) is -1.86. The largest absolute Gasteiger partial charge is 0.370 e. The predicted octanol–water partition coefficient (Wildman–Crippen LogP) is 2.36. The van der Waals surface area contributed by atoms with Crippen molar-refractivity contribution in [3.8, 4) is 5.69 Å². The molecule has 4 N–H and O–H groups in total. The summed E-state index contributed by atoms with van der Waals surface area (Å²) in [5, 5.41) is 9.78. The molecule has 3 amide bonds. The highest BCUT2D eigenvalue weighted by Crippen LogP contribution is 2.29. The summed E-state index contributed by atoms with van der Waals surface area (Å²) in [4.78, 5) is 36.5. The van der Waals surface area contributed by atoms with Crippen LogP contribution in [-0.2, 0) is 17.6 Å². The first kappa shape index (κ1) is 21.2. The van der Waals surface area contributed by atoms with Gasteiger partial charge in [0.15, 0.2) is 5.69 Å². The number of carbonyl (C=O) groups is 3. The lowest BCUT2D eigenvalue weighted by molar-refractivity contribution is -0.117. The van der Waals surface area contributed by atoms with Gasteiger partial charge in [-0.15, -0.1) is 0 Å². The molecule has 32 heavy (non-hydrogen) atoms. The number of rotatable bonds is 7.